The molecule has 0 aliphatic heterocycles. The number of hydrogen-bond donors (Lipinski definition) is 0. The molecule has 0 radical (unpaired) electrons. The quantitative estimate of drug-likeness (QED) is 0.319. The van der Waals surface area contributed by atoms with Crippen LogP contribution in [0, 0.1) is 23.7 Å². The molecule has 2 saturated carbocycles. The van der Waals surface area contributed by atoms with Crippen LogP contribution in [0.15, 0.2) is 36.4 Å². The highest BCUT2D eigenvalue weighted by molar-refractivity contribution is 6.00. The van der Waals surface area contributed by atoms with Crippen molar-refractivity contribution in [1.29, 1.82) is 0 Å². The Morgan fingerprint density at radius 3 is 2.10 bits per heavy atom. The van der Waals surface area contributed by atoms with E-state index in [1.54, 1.807) is 19.2 Å². The van der Waals surface area contributed by atoms with Crippen LogP contribution in [0.25, 0.3) is 0 Å². The maximum Gasteiger partial charge on any atom is 0.454 e. The number of halogens is 3. The van der Waals surface area contributed by atoms with Crippen molar-refractivity contribution in [3.05, 3.63) is 47.5 Å². The number of alkyl halides is 3. The number of ether oxygens (including phenoxy) is 1. The molecule has 0 bridgehead atoms. The fourth-order valence-corrected chi connectivity index (χ4v) is 5.46. The van der Waals surface area contributed by atoms with Crippen molar-refractivity contribution in [2.45, 2.75) is 70.4 Å². The second kappa shape index (κ2) is 11.3. The van der Waals surface area contributed by atoms with Gasteiger partial charge in [0.1, 0.15) is 0 Å². The van der Waals surface area contributed by atoms with Gasteiger partial charge in [-0.25, -0.2) is 0 Å². The average Bonchev–Trinajstić information content (AvgIpc) is 2.78. The molecule has 3 rings (SSSR count). The lowest BCUT2D eigenvalue weighted by Crippen LogP contribution is -2.25. The Morgan fingerprint density at radius 2 is 1.55 bits per heavy atom. The SMILES string of the molecule is COC/C=C/[C@H]1CC[C@H](C2CCC(CCc3ccc(C(=O)C(F)(F)F)cc3)CC2)CC1. The van der Waals surface area contributed by atoms with E-state index in [0.29, 0.717) is 12.5 Å². The van der Waals surface area contributed by atoms with Gasteiger partial charge in [-0.15, -0.1) is 0 Å². The minimum absolute atomic E-state index is 0.277. The van der Waals surface area contributed by atoms with Crippen molar-refractivity contribution in [3.8, 4) is 0 Å². The zero-order valence-electron chi connectivity index (χ0n) is 18.5. The maximum atomic E-state index is 12.5. The van der Waals surface area contributed by atoms with Crippen LogP contribution in [0.1, 0.15) is 73.7 Å². The Kier molecular flexibility index (Phi) is 8.76. The van der Waals surface area contributed by atoms with E-state index >= 15 is 0 Å². The summed E-state index contributed by atoms with van der Waals surface area (Å²) in [6.07, 6.45) is 12.1. The van der Waals surface area contributed by atoms with Gasteiger partial charge in [0.05, 0.1) is 6.61 Å². The Balaban J connectivity index is 1.37. The summed E-state index contributed by atoms with van der Waals surface area (Å²) in [5.74, 6) is 1.42. The molecule has 2 nitrogen and oxygen atoms in total. The Hall–Kier alpha value is -1.62. The van der Waals surface area contributed by atoms with Gasteiger partial charge >= 0.3 is 6.18 Å². The number of aryl methyl sites for hydroxylation is 1. The number of allylic oxidation sites excluding steroid dienone is 1. The third-order valence-corrected chi connectivity index (χ3v) is 7.36. The van der Waals surface area contributed by atoms with Gasteiger partial charge < -0.3 is 4.74 Å². The molecule has 1 aromatic rings. The fraction of sp³-hybridized carbons (Fsp3) is 0.654. The predicted octanol–water partition coefficient (Wildman–Crippen LogP) is 7.18. The van der Waals surface area contributed by atoms with E-state index in [4.69, 9.17) is 4.74 Å². The summed E-state index contributed by atoms with van der Waals surface area (Å²) in [4.78, 5) is 11.3. The standard InChI is InChI=1S/C26H35F3O2/c1-31-18-2-3-19-6-12-22(13-7-19)23-14-8-20(9-15-23)4-5-21-10-16-24(17-11-21)25(30)26(27,28)29/h2-3,10-11,16-17,19-20,22-23H,4-9,12-15,18H2,1H3/b3-2+/t19-,20?,22-,23?. The van der Waals surface area contributed by atoms with E-state index in [9.17, 15) is 18.0 Å². The number of ketones is 1. The molecule has 0 spiro atoms. The lowest BCUT2D eigenvalue weighted by atomic mass is 9.68. The first kappa shape index (κ1) is 24.0. The monoisotopic (exact) mass is 436 g/mol. The molecule has 0 N–H and O–H groups in total. The Bertz CT molecular complexity index is 707. The number of Topliss-reactive ketones (excluding diaryl/α,β-unsaturated/α-hetero) is 1. The molecule has 1 aromatic carbocycles. The molecule has 31 heavy (non-hydrogen) atoms. The van der Waals surface area contributed by atoms with Crippen LogP contribution in [0.2, 0.25) is 0 Å². The zero-order valence-corrected chi connectivity index (χ0v) is 18.5. The predicted molar refractivity (Wildman–Crippen MR) is 117 cm³/mol. The fourth-order valence-electron chi connectivity index (χ4n) is 5.46. The zero-order chi connectivity index (χ0) is 22.3. The van der Waals surface area contributed by atoms with Gasteiger partial charge in [0.2, 0.25) is 0 Å². The molecule has 0 saturated heterocycles. The normalized spacial score (nSPS) is 27.5. The smallest absolute Gasteiger partial charge is 0.381 e. The van der Waals surface area contributed by atoms with E-state index in [1.807, 2.05) is 0 Å². The maximum absolute atomic E-state index is 12.5. The number of carbonyl (C=O) groups excluding carboxylic acids is 1. The summed E-state index contributed by atoms with van der Waals surface area (Å²) >= 11 is 0. The van der Waals surface area contributed by atoms with E-state index in [2.05, 4.69) is 12.2 Å². The minimum atomic E-state index is -4.81. The summed E-state index contributed by atoms with van der Waals surface area (Å²) in [5, 5.41) is 0. The molecule has 5 heteroatoms. The van der Waals surface area contributed by atoms with Crippen LogP contribution in [-0.4, -0.2) is 25.7 Å². The third-order valence-electron chi connectivity index (χ3n) is 7.36. The topological polar surface area (TPSA) is 26.3 Å². The van der Waals surface area contributed by atoms with Crippen molar-refractivity contribution in [3.63, 3.8) is 0 Å². The largest absolute Gasteiger partial charge is 0.454 e. The lowest BCUT2D eigenvalue weighted by molar-refractivity contribution is -0.0885. The van der Waals surface area contributed by atoms with E-state index in [0.717, 1.165) is 36.2 Å². The van der Waals surface area contributed by atoms with Gasteiger partial charge in [-0.2, -0.15) is 13.2 Å². The van der Waals surface area contributed by atoms with E-state index in [1.165, 1.54) is 63.5 Å². The molecular weight excluding hydrogens is 401 g/mol. The molecule has 0 atom stereocenters. The van der Waals surface area contributed by atoms with Crippen LogP contribution >= 0.6 is 0 Å². The number of benzene rings is 1. The van der Waals surface area contributed by atoms with Crippen LogP contribution in [0.5, 0.6) is 0 Å². The van der Waals surface area contributed by atoms with Crippen LogP contribution in [0.4, 0.5) is 13.2 Å². The van der Waals surface area contributed by atoms with E-state index < -0.39 is 12.0 Å². The van der Waals surface area contributed by atoms with Gasteiger partial charge in [-0.1, -0.05) is 49.3 Å². The molecule has 2 aliphatic carbocycles. The Labute approximate surface area is 184 Å². The van der Waals surface area contributed by atoms with Crippen molar-refractivity contribution in [2.24, 2.45) is 23.7 Å². The highest BCUT2D eigenvalue weighted by Gasteiger charge is 2.39. The number of rotatable bonds is 8. The van der Waals surface area contributed by atoms with Gasteiger partial charge in [0.15, 0.2) is 0 Å². The summed E-state index contributed by atoms with van der Waals surface area (Å²) in [6, 6.07) is 5.96. The van der Waals surface area contributed by atoms with Gasteiger partial charge in [-0.05, 0) is 80.6 Å². The van der Waals surface area contributed by atoms with Crippen LogP contribution in [0.3, 0.4) is 0 Å². The first-order chi connectivity index (χ1) is 14.9. The first-order valence-corrected chi connectivity index (χ1v) is 11.7. The van der Waals surface area contributed by atoms with E-state index in [-0.39, 0.29) is 5.56 Å². The first-order valence-electron chi connectivity index (χ1n) is 11.7. The summed E-state index contributed by atoms with van der Waals surface area (Å²) in [7, 11) is 1.73. The molecular formula is C26H35F3O2. The average molecular weight is 437 g/mol. The minimum Gasteiger partial charge on any atom is -0.381 e. The highest BCUT2D eigenvalue weighted by Crippen LogP contribution is 2.42. The molecule has 0 unspecified atom stereocenters. The number of methoxy groups -OCH3 is 1. The molecule has 0 amide bonds. The second-order valence-corrected chi connectivity index (χ2v) is 9.40. The summed E-state index contributed by atoms with van der Waals surface area (Å²) in [5.41, 5.74) is 0.737. The lowest BCUT2D eigenvalue weighted by Gasteiger charge is -2.37. The molecule has 0 aromatic heterocycles. The number of hydrogen-bond acceptors (Lipinski definition) is 2. The summed E-state index contributed by atoms with van der Waals surface area (Å²) < 4.78 is 42.6. The highest BCUT2D eigenvalue weighted by atomic mass is 19.4. The summed E-state index contributed by atoms with van der Waals surface area (Å²) in [6.45, 7) is 0.708. The molecule has 2 fully saturated rings. The number of carbonyl (C=O) groups is 1. The second-order valence-electron chi connectivity index (χ2n) is 9.40. The van der Waals surface area contributed by atoms with Gasteiger partial charge in [0, 0.05) is 12.7 Å². The molecule has 2 aliphatic rings. The van der Waals surface area contributed by atoms with Gasteiger partial charge in [-0.3, -0.25) is 4.79 Å². The van der Waals surface area contributed by atoms with Crippen molar-refractivity contribution in [2.75, 3.05) is 13.7 Å². The van der Waals surface area contributed by atoms with Crippen molar-refractivity contribution < 1.29 is 22.7 Å². The van der Waals surface area contributed by atoms with Crippen LogP contribution in [-0.2, 0) is 11.2 Å². The van der Waals surface area contributed by atoms with Crippen molar-refractivity contribution >= 4 is 5.78 Å². The van der Waals surface area contributed by atoms with Crippen LogP contribution < -0.4 is 0 Å². The molecule has 172 valence electrons. The molecule has 0 heterocycles. The Morgan fingerprint density at radius 1 is 0.968 bits per heavy atom. The third kappa shape index (κ3) is 7.20. The van der Waals surface area contributed by atoms with Crippen molar-refractivity contribution in [1.82, 2.24) is 0 Å². The van der Waals surface area contributed by atoms with Gasteiger partial charge in [0.25, 0.3) is 5.78 Å².